The fourth-order valence-corrected chi connectivity index (χ4v) is 7.34. The first-order valence-corrected chi connectivity index (χ1v) is 15.1. The molecule has 8 aromatic rings. The van der Waals surface area contributed by atoms with Crippen LogP contribution in [-0.2, 0) is 0 Å². The molecular weight excluding hydrogens is 527 g/mol. The topological polar surface area (TPSA) is 3.24 Å². The Bertz CT molecular complexity index is 2200. The highest BCUT2D eigenvalue weighted by molar-refractivity contribution is 7.26. The lowest BCUT2D eigenvalue weighted by Crippen LogP contribution is -2.11. The zero-order valence-electron chi connectivity index (χ0n) is 22.9. The summed E-state index contributed by atoms with van der Waals surface area (Å²) >= 11 is 1.87. The van der Waals surface area contributed by atoms with Gasteiger partial charge in [-0.05, 0) is 57.8 Å². The van der Waals surface area contributed by atoms with Crippen molar-refractivity contribution in [1.29, 1.82) is 0 Å². The number of benzene rings is 7. The zero-order valence-corrected chi connectivity index (χ0v) is 23.8. The van der Waals surface area contributed by atoms with Crippen LogP contribution in [0.2, 0.25) is 0 Å². The molecule has 1 heterocycles. The summed E-state index contributed by atoms with van der Waals surface area (Å²) in [5.74, 6) is 0. The van der Waals surface area contributed by atoms with Gasteiger partial charge in [0, 0.05) is 26.7 Å². The number of nitrogens with zero attached hydrogens (tertiary/aromatic N) is 1. The van der Waals surface area contributed by atoms with Gasteiger partial charge in [0.05, 0.1) is 16.1 Å². The van der Waals surface area contributed by atoms with Crippen molar-refractivity contribution < 1.29 is 0 Å². The van der Waals surface area contributed by atoms with E-state index in [-0.39, 0.29) is 0 Å². The van der Waals surface area contributed by atoms with E-state index in [9.17, 15) is 0 Å². The lowest BCUT2D eigenvalue weighted by molar-refractivity contribution is 1.30. The predicted molar refractivity (Wildman–Crippen MR) is 182 cm³/mol. The summed E-state index contributed by atoms with van der Waals surface area (Å²) in [5, 5.41) is 5.11. The van der Waals surface area contributed by atoms with Gasteiger partial charge in [-0.1, -0.05) is 133 Å². The molecule has 7 aromatic carbocycles. The van der Waals surface area contributed by atoms with Gasteiger partial charge in [-0.25, -0.2) is 0 Å². The Morgan fingerprint density at radius 3 is 1.95 bits per heavy atom. The van der Waals surface area contributed by atoms with Crippen molar-refractivity contribution in [2.24, 2.45) is 0 Å². The van der Waals surface area contributed by atoms with E-state index in [1.807, 2.05) is 11.3 Å². The van der Waals surface area contributed by atoms with Gasteiger partial charge in [-0.3, -0.25) is 0 Å². The molecule has 1 aromatic heterocycles. The molecule has 0 radical (unpaired) electrons. The lowest BCUT2D eigenvalue weighted by Gasteiger charge is -2.29. The van der Waals surface area contributed by atoms with Gasteiger partial charge in [0.25, 0.3) is 0 Å². The molecule has 0 aliphatic carbocycles. The first kappa shape index (κ1) is 24.6. The molecule has 8 rings (SSSR count). The van der Waals surface area contributed by atoms with Crippen LogP contribution in [0.3, 0.4) is 0 Å². The molecular formula is C40H27NS. The minimum absolute atomic E-state index is 1.13. The number of hydrogen-bond acceptors (Lipinski definition) is 2. The molecule has 0 aliphatic heterocycles. The van der Waals surface area contributed by atoms with Crippen molar-refractivity contribution in [3.8, 4) is 22.3 Å². The van der Waals surface area contributed by atoms with Crippen LogP contribution in [0.15, 0.2) is 164 Å². The maximum Gasteiger partial charge on any atom is 0.0640 e. The monoisotopic (exact) mass is 553 g/mol. The number of fused-ring (bicyclic) bond motifs is 4. The van der Waals surface area contributed by atoms with Gasteiger partial charge in [0.15, 0.2) is 0 Å². The second-order valence-corrected chi connectivity index (χ2v) is 11.6. The third kappa shape index (κ3) is 4.16. The third-order valence-electron chi connectivity index (χ3n) is 8.06. The highest BCUT2D eigenvalue weighted by atomic mass is 32.1. The van der Waals surface area contributed by atoms with Crippen LogP contribution >= 0.6 is 11.3 Å². The van der Waals surface area contributed by atoms with Gasteiger partial charge >= 0.3 is 0 Å². The van der Waals surface area contributed by atoms with E-state index in [1.54, 1.807) is 0 Å². The first-order chi connectivity index (χ1) is 20.8. The van der Waals surface area contributed by atoms with E-state index in [2.05, 4.69) is 169 Å². The Labute approximate surface area is 249 Å². The quantitative estimate of drug-likeness (QED) is 0.205. The van der Waals surface area contributed by atoms with E-state index in [1.165, 1.54) is 58.9 Å². The Morgan fingerprint density at radius 2 is 1.02 bits per heavy atom. The van der Waals surface area contributed by atoms with Crippen LogP contribution in [0.1, 0.15) is 0 Å². The molecule has 0 saturated carbocycles. The fraction of sp³-hybridized carbons (Fsp3) is 0. The predicted octanol–water partition coefficient (Wildman–Crippen LogP) is 12.0. The summed E-state index contributed by atoms with van der Waals surface area (Å²) in [5.41, 5.74) is 8.32. The maximum atomic E-state index is 2.45. The smallest absolute Gasteiger partial charge is 0.0640 e. The molecule has 0 amide bonds. The molecule has 0 spiro atoms. The molecule has 0 bridgehead atoms. The van der Waals surface area contributed by atoms with Crippen molar-refractivity contribution in [1.82, 2.24) is 0 Å². The van der Waals surface area contributed by atoms with Crippen LogP contribution < -0.4 is 4.90 Å². The molecule has 198 valence electrons. The normalized spacial score (nSPS) is 11.3. The summed E-state index contributed by atoms with van der Waals surface area (Å²) in [6, 6.07) is 59.1. The Hall–Kier alpha value is -5.18. The first-order valence-electron chi connectivity index (χ1n) is 14.3. The zero-order chi connectivity index (χ0) is 27.9. The van der Waals surface area contributed by atoms with E-state index in [0.29, 0.717) is 0 Å². The number of thiophene rings is 1. The van der Waals surface area contributed by atoms with Gasteiger partial charge in [-0.2, -0.15) is 0 Å². The van der Waals surface area contributed by atoms with Gasteiger partial charge < -0.3 is 4.90 Å². The van der Waals surface area contributed by atoms with Crippen LogP contribution in [-0.4, -0.2) is 0 Å². The largest absolute Gasteiger partial charge is 0.308 e. The van der Waals surface area contributed by atoms with E-state index in [0.717, 1.165) is 11.4 Å². The number of hydrogen-bond donors (Lipinski definition) is 0. The number of rotatable bonds is 5. The minimum atomic E-state index is 1.13. The second kappa shape index (κ2) is 10.3. The minimum Gasteiger partial charge on any atom is -0.308 e. The summed E-state index contributed by atoms with van der Waals surface area (Å²) in [6.45, 7) is 0. The summed E-state index contributed by atoms with van der Waals surface area (Å²) in [7, 11) is 0. The van der Waals surface area contributed by atoms with E-state index >= 15 is 0 Å². The van der Waals surface area contributed by atoms with Gasteiger partial charge in [-0.15, -0.1) is 11.3 Å². The Balaban J connectivity index is 1.41. The molecule has 0 aliphatic rings. The summed E-state index contributed by atoms with van der Waals surface area (Å²) in [6.07, 6.45) is 0. The molecule has 0 N–H and O–H groups in total. The van der Waals surface area contributed by atoms with E-state index < -0.39 is 0 Å². The van der Waals surface area contributed by atoms with Crippen molar-refractivity contribution in [3.05, 3.63) is 164 Å². The average Bonchev–Trinajstić information content (AvgIpc) is 3.45. The van der Waals surface area contributed by atoms with Crippen molar-refractivity contribution in [2.75, 3.05) is 4.90 Å². The summed E-state index contributed by atoms with van der Waals surface area (Å²) in [4.78, 5) is 2.45. The molecule has 42 heavy (non-hydrogen) atoms. The standard InChI is InChI=1S/C40H27NS/c1-2-13-29(14-3-1)34-20-6-8-24-37(34)41(38-25-12-23-36-35-21-7-9-26-39(35)42-40(36)38)31-18-10-17-30(27-31)33-22-11-16-28-15-4-5-19-32(28)33/h1-27H. The summed E-state index contributed by atoms with van der Waals surface area (Å²) < 4.78 is 2.60. The average molecular weight is 554 g/mol. The van der Waals surface area contributed by atoms with Crippen molar-refractivity contribution in [2.45, 2.75) is 0 Å². The Morgan fingerprint density at radius 1 is 0.405 bits per heavy atom. The van der Waals surface area contributed by atoms with Crippen molar-refractivity contribution in [3.63, 3.8) is 0 Å². The highest BCUT2D eigenvalue weighted by Crippen LogP contribution is 2.47. The van der Waals surface area contributed by atoms with Crippen LogP contribution in [0.25, 0.3) is 53.2 Å². The van der Waals surface area contributed by atoms with E-state index in [4.69, 9.17) is 0 Å². The maximum absolute atomic E-state index is 2.45. The molecule has 2 heteroatoms. The van der Waals surface area contributed by atoms with Gasteiger partial charge in [0.2, 0.25) is 0 Å². The second-order valence-electron chi connectivity index (χ2n) is 10.5. The molecule has 1 nitrogen and oxygen atoms in total. The van der Waals surface area contributed by atoms with Crippen LogP contribution in [0, 0.1) is 0 Å². The highest BCUT2D eigenvalue weighted by Gasteiger charge is 2.21. The Kier molecular flexibility index (Phi) is 6.05. The van der Waals surface area contributed by atoms with Crippen molar-refractivity contribution >= 4 is 59.3 Å². The molecule has 0 saturated heterocycles. The third-order valence-corrected chi connectivity index (χ3v) is 9.27. The molecule has 0 atom stereocenters. The van der Waals surface area contributed by atoms with Gasteiger partial charge in [0.1, 0.15) is 0 Å². The number of para-hydroxylation sites is 1. The van der Waals surface area contributed by atoms with Crippen LogP contribution in [0.5, 0.6) is 0 Å². The van der Waals surface area contributed by atoms with Crippen LogP contribution in [0.4, 0.5) is 17.1 Å². The SMILES string of the molecule is c1ccc(-c2ccccc2N(c2cccc(-c3cccc4ccccc34)c2)c2cccc3c2sc2ccccc23)cc1. The molecule has 0 unspecified atom stereocenters. The fourth-order valence-electron chi connectivity index (χ4n) is 6.14. The molecule has 0 fully saturated rings. The lowest BCUT2D eigenvalue weighted by atomic mass is 9.97. The number of anilines is 3.